The van der Waals surface area contributed by atoms with Gasteiger partial charge in [-0.3, -0.25) is 0 Å². The van der Waals surface area contributed by atoms with Gasteiger partial charge in [-0.15, -0.1) is 0 Å². The van der Waals surface area contributed by atoms with Crippen LogP contribution in [0.2, 0.25) is 0 Å². The average Bonchev–Trinajstić information content (AvgIpc) is 3.24. The molecule has 1 aliphatic rings. The molecule has 8 heteroatoms. The van der Waals surface area contributed by atoms with Crippen LogP contribution in [-0.4, -0.2) is 56.2 Å². The summed E-state index contributed by atoms with van der Waals surface area (Å²) in [5.74, 6) is -1.85. The van der Waals surface area contributed by atoms with Crippen LogP contribution in [-0.2, 0) is 23.7 Å². The van der Waals surface area contributed by atoms with E-state index >= 15 is 0 Å². The summed E-state index contributed by atoms with van der Waals surface area (Å²) in [4.78, 5) is 38.0. The Hall–Kier alpha value is -4.01. The minimum atomic E-state index is -1.10. The van der Waals surface area contributed by atoms with Crippen molar-refractivity contribution in [3.63, 3.8) is 0 Å². The molecule has 1 fully saturated rings. The lowest BCUT2D eigenvalue weighted by Crippen LogP contribution is -2.42. The van der Waals surface area contributed by atoms with Crippen molar-refractivity contribution in [1.29, 1.82) is 0 Å². The monoisotopic (exact) mass is 476 g/mol. The van der Waals surface area contributed by atoms with Crippen LogP contribution in [0.15, 0.2) is 91.0 Å². The molecule has 0 N–H and O–H groups in total. The van der Waals surface area contributed by atoms with Gasteiger partial charge in [-0.2, -0.15) is 0 Å². The molecule has 0 radical (unpaired) electrons. The van der Waals surface area contributed by atoms with Gasteiger partial charge in [-0.25, -0.2) is 14.4 Å². The quantitative estimate of drug-likeness (QED) is 0.359. The van der Waals surface area contributed by atoms with E-state index in [9.17, 15) is 14.4 Å². The second kappa shape index (κ2) is 11.4. The number of hydrogen-bond acceptors (Lipinski definition) is 8. The first-order chi connectivity index (χ1) is 17.1. The summed E-state index contributed by atoms with van der Waals surface area (Å²) in [5, 5.41) is 0. The Morgan fingerprint density at radius 1 is 0.657 bits per heavy atom. The number of hydrogen-bond donors (Lipinski definition) is 0. The fourth-order valence-corrected chi connectivity index (χ4v) is 3.63. The summed E-state index contributed by atoms with van der Waals surface area (Å²) in [6.07, 6.45) is -4.17. The molecule has 0 amide bonds. The molecule has 35 heavy (non-hydrogen) atoms. The maximum atomic E-state index is 12.8. The van der Waals surface area contributed by atoms with Gasteiger partial charge >= 0.3 is 17.9 Å². The van der Waals surface area contributed by atoms with Gasteiger partial charge in [0.25, 0.3) is 0 Å². The molecule has 3 aromatic carbocycles. The number of benzene rings is 3. The summed E-state index contributed by atoms with van der Waals surface area (Å²) in [6.45, 7) is -0.250. The van der Waals surface area contributed by atoms with Crippen LogP contribution in [0.3, 0.4) is 0 Å². The van der Waals surface area contributed by atoms with Crippen molar-refractivity contribution in [2.75, 3.05) is 13.7 Å². The summed E-state index contributed by atoms with van der Waals surface area (Å²) >= 11 is 0. The first-order valence-corrected chi connectivity index (χ1v) is 11.0. The summed E-state index contributed by atoms with van der Waals surface area (Å²) in [5.41, 5.74) is 0.981. The largest absolute Gasteiger partial charge is 0.459 e. The highest BCUT2D eigenvalue weighted by Gasteiger charge is 2.50. The van der Waals surface area contributed by atoms with Gasteiger partial charge in [0.05, 0.1) is 16.7 Å². The average molecular weight is 476 g/mol. The van der Waals surface area contributed by atoms with E-state index in [1.165, 1.54) is 7.11 Å². The molecule has 3 aromatic rings. The molecule has 4 rings (SSSR count). The lowest BCUT2D eigenvalue weighted by Gasteiger charge is -2.24. The fourth-order valence-electron chi connectivity index (χ4n) is 3.63. The first kappa shape index (κ1) is 24.1. The molecule has 1 unspecified atom stereocenters. The molecule has 0 bridgehead atoms. The van der Waals surface area contributed by atoms with Gasteiger partial charge in [-0.05, 0) is 36.4 Å². The molecule has 8 nitrogen and oxygen atoms in total. The van der Waals surface area contributed by atoms with E-state index in [4.69, 9.17) is 23.7 Å². The Bertz CT molecular complexity index is 1130. The van der Waals surface area contributed by atoms with Gasteiger partial charge in [0.15, 0.2) is 18.5 Å². The van der Waals surface area contributed by atoms with E-state index in [-0.39, 0.29) is 6.61 Å². The topological polar surface area (TPSA) is 97.4 Å². The number of rotatable bonds is 8. The maximum Gasteiger partial charge on any atom is 0.338 e. The van der Waals surface area contributed by atoms with E-state index < -0.39 is 42.5 Å². The number of carbonyl (C=O) groups is 3. The molecule has 1 heterocycles. The molecule has 4 atom stereocenters. The normalized spacial score (nSPS) is 21.2. The van der Waals surface area contributed by atoms with Crippen molar-refractivity contribution in [1.82, 2.24) is 0 Å². The van der Waals surface area contributed by atoms with Crippen molar-refractivity contribution >= 4 is 17.9 Å². The molecular formula is C27H24O8. The van der Waals surface area contributed by atoms with E-state index in [0.29, 0.717) is 16.7 Å². The Morgan fingerprint density at radius 2 is 1.09 bits per heavy atom. The van der Waals surface area contributed by atoms with Crippen LogP contribution in [0.5, 0.6) is 0 Å². The summed E-state index contributed by atoms with van der Waals surface area (Å²) in [6, 6.07) is 25.2. The van der Waals surface area contributed by atoms with Crippen molar-refractivity contribution in [3.05, 3.63) is 108 Å². The third kappa shape index (κ3) is 5.92. The third-order valence-corrected chi connectivity index (χ3v) is 5.39. The van der Waals surface area contributed by atoms with Gasteiger partial charge in [0.1, 0.15) is 12.7 Å². The smallest absolute Gasteiger partial charge is 0.338 e. The summed E-state index contributed by atoms with van der Waals surface area (Å²) < 4.78 is 28.0. The molecule has 180 valence electrons. The van der Waals surface area contributed by atoms with E-state index in [0.717, 1.165) is 0 Å². The van der Waals surface area contributed by atoms with E-state index in [1.54, 1.807) is 91.0 Å². The molecule has 0 aliphatic carbocycles. The number of esters is 3. The summed E-state index contributed by atoms with van der Waals surface area (Å²) in [7, 11) is 1.38. The highest BCUT2D eigenvalue weighted by molar-refractivity contribution is 5.90. The SMILES string of the molecule is CO[C@H]1O[C@@H](COC(=O)c2ccccc2)[C@@H](OC(=O)c2ccccc2)C1OC(=O)c1ccccc1. The molecule has 0 saturated carbocycles. The van der Waals surface area contributed by atoms with Gasteiger partial charge in [0, 0.05) is 7.11 Å². The number of carbonyl (C=O) groups excluding carboxylic acids is 3. The van der Waals surface area contributed by atoms with E-state index in [2.05, 4.69) is 0 Å². The second-order valence-corrected chi connectivity index (χ2v) is 7.72. The lowest BCUT2D eigenvalue weighted by molar-refractivity contribution is -0.155. The van der Waals surface area contributed by atoms with Crippen LogP contribution in [0.1, 0.15) is 31.1 Å². The van der Waals surface area contributed by atoms with Crippen molar-refractivity contribution in [2.45, 2.75) is 24.6 Å². The fraction of sp³-hybridized carbons (Fsp3) is 0.222. The van der Waals surface area contributed by atoms with Crippen LogP contribution in [0.25, 0.3) is 0 Å². The highest BCUT2D eigenvalue weighted by Crippen LogP contribution is 2.29. The Labute approximate surface area is 202 Å². The van der Waals surface area contributed by atoms with Crippen molar-refractivity contribution in [2.24, 2.45) is 0 Å². The Balaban J connectivity index is 1.54. The highest BCUT2D eigenvalue weighted by atomic mass is 16.7. The van der Waals surface area contributed by atoms with Crippen molar-refractivity contribution in [3.8, 4) is 0 Å². The second-order valence-electron chi connectivity index (χ2n) is 7.72. The van der Waals surface area contributed by atoms with Gasteiger partial charge < -0.3 is 23.7 Å². The zero-order valence-electron chi connectivity index (χ0n) is 18.9. The Morgan fingerprint density at radius 3 is 1.54 bits per heavy atom. The Kier molecular flexibility index (Phi) is 7.87. The third-order valence-electron chi connectivity index (χ3n) is 5.39. The predicted octanol–water partition coefficient (Wildman–Crippen LogP) is 3.67. The van der Waals surface area contributed by atoms with E-state index in [1.807, 2.05) is 0 Å². The number of ether oxygens (including phenoxy) is 5. The zero-order chi connectivity index (χ0) is 24.6. The molecule has 1 aliphatic heterocycles. The molecular weight excluding hydrogens is 452 g/mol. The number of methoxy groups -OCH3 is 1. The van der Waals surface area contributed by atoms with Gasteiger partial charge in [-0.1, -0.05) is 54.6 Å². The van der Waals surface area contributed by atoms with Crippen LogP contribution >= 0.6 is 0 Å². The molecule has 0 aromatic heterocycles. The van der Waals surface area contributed by atoms with Crippen LogP contribution in [0, 0.1) is 0 Å². The first-order valence-electron chi connectivity index (χ1n) is 11.0. The minimum Gasteiger partial charge on any atom is -0.459 e. The predicted molar refractivity (Wildman–Crippen MR) is 124 cm³/mol. The molecule has 0 spiro atoms. The van der Waals surface area contributed by atoms with Crippen molar-refractivity contribution < 1.29 is 38.1 Å². The van der Waals surface area contributed by atoms with Crippen LogP contribution in [0.4, 0.5) is 0 Å². The van der Waals surface area contributed by atoms with Crippen LogP contribution < -0.4 is 0 Å². The molecule has 1 saturated heterocycles. The zero-order valence-corrected chi connectivity index (χ0v) is 18.9. The van der Waals surface area contributed by atoms with Gasteiger partial charge in [0.2, 0.25) is 0 Å². The lowest BCUT2D eigenvalue weighted by atomic mass is 10.1. The minimum absolute atomic E-state index is 0.250. The maximum absolute atomic E-state index is 12.8. The standard InChI is InChI=1S/C27H24O8/c1-31-27-23(35-26(30)20-15-9-4-10-16-20)22(34-25(29)19-13-7-3-8-14-19)21(33-27)17-32-24(28)18-11-5-2-6-12-18/h2-16,21-23,27H,17H2,1H3/t21-,22+,23?,27-/m0/s1.